The van der Waals surface area contributed by atoms with Crippen LogP contribution in [-0.4, -0.2) is 55.4 Å². The van der Waals surface area contributed by atoms with Crippen molar-refractivity contribution in [3.63, 3.8) is 0 Å². The van der Waals surface area contributed by atoms with Crippen LogP contribution in [0.5, 0.6) is 0 Å². The van der Waals surface area contributed by atoms with Gasteiger partial charge >= 0.3 is 5.97 Å². The maximum Gasteiger partial charge on any atom is 0.374 e. The second kappa shape index (κ2) is 7.05. The number of nitrogens with zero attached hydrogens (tertiary/aromatic N) is 1. The lowest BCUT2D eigenvalue weighted by atomic mass is 10.2. The van der Waals surface area contributed by atoms with Gasteiger partial charge < -0.3 is 14.1 Å². The first-order valence-electron chi connectivity index (χ1n) is 9.06. The molecule has 0 spiro atoms. The van der Waals surface area contributed by atoms with Crippen molar-refractivity contribution in [2.75, 3.05) is 18.1 Å². The molecule has 9 heteroatoms. The van der Waals surface area contributed by atoms with Crippen molar-refractivity contribution in [3.05, 3.63) is 46.3 Å². The Morgan fingerprint density at radius 3 is 2.57 bits per heavy atom. The van der Waals surface area contributed by atoms with Gasteiger partial charge in [-0.05, 0) is 31.4 Å². The molecule has 0 unspecified atom stereocenters. The zero-order valence-electron chi connectivity index (χ0n) is 15.0. The van der Waals surface area contributed by atoms with Gasteiger partial charge in [-0.1, -0.05) is 12.1 Å². The molecule has 1 aliphatic carbocycles. The minimum absolute atomic E-state index is 0.00287. The van der Waals surface area contributed by atoms with Gasteiger partial charge in [-0.15, -0.1) is 0 Å². The molecule has 0 bridgehead atoms. The number of ether oxygens (including phenoxy) is 1. The van der Waals surface area contributed by atoms with Crippen molar-refractivity contribution in [1.82, 2.24) is 4.90 Å². The number of rotatable bonds is 5. The van der Waals surface area contributed by atoms with Gasteiger partial charge in [0, 0.05) is 18.2 Å². The number of benzene rings is 1. The van der Waals surface area contributed by atoms with Gasteiger partial charge in [0.25, 0.3) is 5.91 Å². The second-order valence-electron chi connectivity index (χ2n) is 7.14. The molecule has 1 aromatic heterocycles. The normalized spacial score (nSPS) is 20.8. The third-order valence-electron chi connectivity index (χ3n) is 4.99. The van der Waals surface area contributed by atoms with Crippen LogP contribution in [-0.2, 0) is 19.4 Å². The van der Waals surface area contributed by atoms with Gasteiger partial charge in [0.2, 0.25) is 5.76 Å². The highest BCUT2D eigenvalue weighted by molar-refractivity contribution is 7.91. The summed E-state index contributed by atoms with van der Waals surface area (Å²) in [5.41, 5.74) is -0.125. The lowest BCUT2D eigenvalue weighted by molar-refractivity contribution is -0.137. The Morgan fingerprint density at radius 1 is 1.14 bits per heavy atom. The first-order valence-corrected chi connectivity index (χ1v) is 10.9. The number of carbonyl (C=O) groups is 2. The van der Waals surface area contributed by atoms with Gasteiger partial charge in [0.1, 0.15) is 5.58 Å². The van der Waals surface area contributed by atoms with Crippen molar-refractivity contribution in [1.29, 1.82) is 0 Å². The molecule has 1 atom stereocenters. The van der Waals surface area contributed by atoms with Gasteiger partial charge in [0.05, 0.1) is 16.9 Å². The van der Waals surface area contributed by atoms with E-state index in [2.05, 4.69) is 0 Å². The fourth-order valence-corrected chi connectivity index (χ4v) is 5.24. The average molecular weight is 405 g/mol. The predicted molar refractivity (Wildman–Crippen MR) is 99.7 cm³/mol. The van der Waals surface area contributed by atoms with E-state index in [4.69, 9.17) is 9.15 Å². The number of fused-ring (bicyclic) bond motifs is 1. The summed E-state index contributed by atoms with van der Waals surface area (Å²) in [6.45, 7) is -0.525. The Labute approximate surface area is 161 Å². The Kier molecular flexibility index (Phi) is 4.70. The van der Waals surface area contributed by atoms with Crippen LogP contribution in [0.4, 0.5) is 0 Å². The van der Waals surface area contributed by atoms with Gasteiger partial charge in [-0.2, -0.15) is 0 Å². The molecular weight excluding hydrogens is 386 g/mol. The molecule has 2 aliphatic rings. The van der Waals surface area contributed by atoms with E-state index in [-0.39, 0.29) is 40.4 Å². The van der Waals surface area contributed by atoms with Crippen molar-refractivity contribution < 1.29 is 27.2 Å². The number of sulfone groups is 1. The molecule has 1 saturated heterocycles. The number of amides is 1. The highest BCUT2D eigenvalue weighted by Gasteiger charge is 2.42. The summed E-state index contributed by atoms with van der Waals surface area (Å²) in [6.07, 6.45) is 2.03. The minimum atomic E-state index is -3.13. The van der Waals surface area contributed by atoms with Gasteiger partial charge in [-0.3, -0.25) is 9.59 Å². The lowest BCUT2D eigenvalue weighted by Gasteiger charge is -2.28. The summed E-state index contributed by atoms with van der Waals surface area (Å²) >= 11 is 0. The van der Waals surface area contributed by atoms with E-state index >= 15 is 0 Å². The number of carbonyl (C=O) groups excluding carboxylic acids is 2. The van der Waals surface area contributed by atoms with Crippen LogP contribution in [0.25, 0.3) is 11.0 Å². The molecule has 28 heavy (non-hydrogen) atoms. The highest BCUT2D eigenvalue weighted by Crippen LogP contribution is 2.32. The number of hydrogen-bond acceptors (Lipinski definition) is 7. The van der Waals surface area contributed by atoms with Gasteiger partial charge in [0.15, 0.2) is 21.9 Å². The minimum Gasteiger partial charge on any atom is -0.450 e. The Morgan fingerprint density at radius 2 is 1.89 bits per heavy atom. The van der Waals surface area contributed by atoms with Crippen LogP contribution in [0.3, 0.4) is 0 Å². The van der Waals surface area contributed by atoms with Crippen molar-refractivity contribution in [3.8, 4) is 0 Å². The summed E-state index contributed by atoms with van der Waals surface area (Å²) in [6, 6.07) is 7.18. The maximum atomic E-state index is 12.6. The molecule has 2 aromatic rings. The molecule has 1 aliphatic heterocycles. The quantitative estimate of drug-likeness (QED) is 0.686. The van der Waals surface area contributed by atoms with Crippen molar-refractivity contribution in [2.24, 2.45) is 0 Å². The molecule has 8 nitrogen and oxygen atoms in total. The zero-order chi connectivity index (χ0) is 19.9. The van der Waals surface area contributed by atoms with E-state index < -0.39 is 28.3 Å². The Bertz CT molecular complexity index is 1100. The molecular formula is C19H19NO7S. The molecule has 4 rings (SSSR count). The van der Waals surface area contributed by atoms with E-state index in [1.165, 1.54) is 0 Å². The standard InChI is InChI=1S/C19H19NO7S/c21-15-9-17(27-16-4-2-1-3-14(15)16)19(23)26-10-18(22)20(12-5-6-12)13-7-8-28(24,25)11-13/h1-4,9,12-13H,5-8,10-11H2/t13-/m0/s1. The molecule has 1 saturated carbocycles. The number of para-hydroxylation sites is 1. The molecule has 0 N–H and O–H groups in total. The monoisotopic (exact) mass is 405 g/mol. The van der Waals surface area contributed by atoms with E-state index in [0.717, 1.165) is 18.9 Å². The van der Waals surface area contributed by atoms with Crippen LogP contribution in [0, 0.1) is 0 Å². The second-order valence-corrected chi connectivity index (χ2v) is 9.36. The fraction of sp³-hybridized carbons (Fsp3) is 0.421. The SMILES string of the molecule is O=C(OCC(=O)N(C1CC1)[C@H]1CCS(=O)(=O)C1)c1cc(=O)c2ccccc2o1. The maximum absolute atomic E-state index is 12.6. The summed E-state index contributed by atoms with van der Waals surface area (Å²) in [4.78, 5) is 38.5. The molecule has 2 heterocycles. The summed E-state index contributed by atoms with van der Waals surface area (Å²) in [5.74, 6) is -1.61. The summed E-state index contributed by atoms with van der Waals surface area (Å²) in [7, 11) is -3.13. The first-order chi connectivity index (χ1) is 13.3. The summed E-state index contributed by atoms with van der Waals surface area (Å²) in [5, 5.41) is 0.345. The van der Waals surface area contributed by atoms with Crippen LogP contribution >= 0.6 is 0 Å². The van der Waals surface area contributed by atoms with Crippen LogP contribution < -0.4 is 5.43 Å². The van der Waals surface area contributed by atoms with E-state index in [1.54, 1.807) is 29.2 Å². The van der Waals surface area contributed by atoms with Crippen molar-refractivity contribution in [2.45, 2.75) is 31.3 Å². The van der Waals surface area contributed by atoms with E-state index in [0.29, 0.717) is 11.8 Å². The Balaban J connectivity index is 1.45. The zero-order valence-corrected chi connectivity index (χ0v) is 15.8. The summed E-state index contributed by atoms with van der Waals surface area (Å²) < 4.78 is 33.9. The van der Waals surface area contributed by atoms with E-state index in [1.807, 2.05) is 0 Å². The number of esters is 1. The topological polar surface area (TPSA) is 111 Å². The third kappa shape index (κ3) is 3.80. The molecule has 1 aromatic carbocycles. The predicted octanol–water partition coefficient (Wildman–Crippen LogP) is 1.13. The average Bonchev–Trinajstić information content (AvgIpc) is 3.42. The molecule has 148 valence electrons. The third-order valence-corrected chi connectivity index (χ3v) is 6.74. The highest BCUT2D eigenvalue weighted by atomic mass is 32.2. The Hall–Kier alpha value is -2.68. The van der Waals surface area contributed by atoms with Crippen LogP contribution in [0.2, 0.25) is 0 Å². The van der Waals surface area contributed by atoms with E-state index in [9.17, 15) is 22.8 Å². The first kappa shape index (κ1) is 18.7. The molecule has 0 radical (unpaired) electrons. The molecule has 1 amide bonds. The smallest absolute Gasteiger partial charge is 0.374 e. The van der Waals surface area contributed by atoms with Crippen LogP contribution in [0.15, 0.2) is 39.5 Å². The fourth-order valence-electron chi connectivity index (χ4n) is 3.53. The van der Waals surface area contributed by atoms with Gasteiger partial charge in [-0.25, -0.2) is 13.2 Å². The number of hydrogen-bond donors (Lipinski definition) is 0. The largest absolute Gasteiger partial charge is 0.450 e. The van der Waals surface area contributed by atoms with Crippen LogP contribution in [0.1, 0.15) is 29.8 Å². The van der Waals surface area contributed by atoms with Crippen molar-refractivity contribution >= 4 is 32.7 Å². The molecule has 2 fully saturated rings. The lowest BCUT2D eigenvalue weighted by Crippen LogP contribution is -2.44.